The van der Waals surface area contributed by atoms with E-state index in [1.807, 2.05) is 31.2 Å². The first-order valence-corrected chi connectivity index (χ1v) is 9.43. The minimum atomic E-state index is -3.30. The molecule has 1 heterocycles. The number of carbonyl (C=O) groups is 1. The van der Waals surface area contributed by atoms with Gasteiger partial charge >= 0.3 is 5.97 Å². The highest BCUT2D eigenvalue weighted by Gasteiger charge is 2.13. The lowest BCUT2D eigenvalue weighted by Crippen LogP contribution is -2.08. The molecule has 128 valence electrons. The van der Waals surface area contributed by atoms with E-state index in [9.17, 15) is 13.2 Å². The van der Waals surface area contributed by atoms with E-state index in [0.717, 1.165) is 17.3 Å². The number of para-hydroxylation sites is 2. The molecule has 1 aromatic heterocycles. The minimum Gasteiger partial charge on any atom is -0.456 e. The lowest BCUT2D eigenvalue weighted by atomic mass is 10.2. The van der Waals surface area contributed by atoms with Gasteiger partial charge in [0, 0.05) is 6.26 Å². The summed E-state index contributed by atoms with van der Waals surface area (Å²) in [6.45, 7) is 1.81. The van der Waals surface area contributed by atoms with Crippen LogP contribution >= 0.6 is 0 Å². The van der Waals surface area contributed by atoms with Crippen molar-refractivity contribution in [2.45, 2.75) is 18.4 Å². The van der Waals surface area contributed by atoms with Gasteiger partial charge in [-0.25, -0.2) is 23.2 Å². The summed E-state index contributed by atoms with van der Waals surface area (Å²) in [5.74, 6) is -0.547. The number of aromatic nitrogens is 2. The standard InChI is InChI=1S/C18H16N2O4S/c1-12-17(20-16-6-4-3-5-15(16)19-12)11-24-18(21)13-7-9-14(10-8-13)25(2,22)23/h3-10H,11H2,1-2H3. The number of nitrogens with zero attached hydrogens (tertiary/aromatic N) is 2. The van der Waals surface area contributed by atoms with E-state index in [1.54, 1.807) is 0 Å². The molecule has 0 spiro atoms. The number of aryl methyl sites for hydroxylation is 1. The van der Waals surface area contributed by atoms with Gasteiger partial charge in [-0.3, -0.25) is 0 Å². The molecular weight excluding hydrogens is 340 g/mol. The third-order valence-electron chi connectivity index (χ3n) is 3.70. The average molecular weight is 356 g/mol. The largest absolute Gasteiger partial charge is 0.456 e. The quantitative estimate of drug-likeness (QED) is 0.668. The number of benzene rings is 2. The summed E-state index contributed by atoms with van der Waals surface area (Å²) in [5, 5.41) is 0. The first-order valence-electron chi connectivity index (χ1n) is 7.54. The first-order chi connectivity index (χ1) is 11.8. The fourth-order valence-corrected chi connectivity index (χ4v) is 2.95. The zero-order valence-electron chi connectivity index (χ0n) is 13.8. The van der Waals surface area contributed by atoms with E-state index >= 15 is 0 Å². The van der Waals surface area contributed by atoms with Gasteiger partial charge < -0.3 is 4.74 Å². The van der Waals surface area contributed by atoms with Gasteiger partial charge in [0.05, 0.1) is 32.9 Å². The third-order valence-corrected chi connectivity index (χ3v) is 4.83. The molecule has 0 bridgehead atoms. The van der Waals surface area contributed by atoms with Crippen LogP contribution in [-0.4, -0.2) is 30.6 Å². The van der Waals surface area contributed by atoms with Crippen LogP contribution in [0.25, 0.3) is 11.0 Å². The van der Waals surface area contributed by atoms with Gasteiger partial charge in [-0.15, -0.1) is 0 Å². The van der Waals surface area contributed by atoms with Crippen LogP contribution in [0.5, 0.6) is 0 Å². The number of ether oxygens (including phenoxy) is 1. The van der Waals surface area contributed by atoms with Crippen molar-refractivity contribution < 1.29 is 17.9 Å². The Morgan fingerprint density at radius 3 is 2.20 bits per heavy atom. The Hall–Kier alpha value is -2.80. The van der Waals surface area contributed by atoms with Gasteiger partial charge in [0.2, 0.25) is 0 Å². The first kappa shape index (κ1) is 17.0. The second-order valence-corrected chi connectivity index (χ2v) is 7.63. The van der Waals surface area contributed by atoms with Gasteiger partial charge in [0.25, 0.3) is 0 Å². The van der Waals surface area contributed by atoms with E-state index in [0.29, 0.717) is 11.4 Å². The molecule has 0 aliphatic carbocycles. The average Bonchev–Trinajstić information content (AvgIpc) is 2.59. The van der Waals surface area contributed by atoms with E-state index < -0.39 is 15.8 Å². The van der Waals surface area contributed by atoms with Gasteiger partial charge in [-0.05, 0) is 43.3 Å². The summed E-state index contributed by atoms with van der Waals surface area (Å²) >= 11 is 0. The van der Waals surface area contributed by atoms with Crippen molar-refractivity contribution in [2.24, 2.45) is 0 Å². The highest BCUT2D eigenvalue weighted by molar-refractivity contribution is 7.90. The highest BCUT2D eigenvalue weighted by atomic mass is 32.2. The number of hydrogen-bond donors (Lipinski definition) is 0. The highest BCUT2D eigenvalue weighted by Crippen LogP contribution is 2.15. The van der Waals surface area contributed by atoms with Crippen LogP contribution in [0.1, 0.15) is 21.7 Å². The number of esters is 1. The Labute approximate surface area is 145 Å². The smallest absolute Gasteiger partial charge is 0.338 e. The maximum absolute atomic E-state index is 12.1. The minimum absolute atomic E-state index is 0.00364. The Morgan fingerprint density at radius 1 is 1.00 bits per heavy atom. The summed E-state index contributed by atoms with van der Waals surface area (Å²) in [5.41, 5.74) is 3.07. The van der Waals surface area contributed by atoms with Crippen molar-refractivity contribution in [3.63, 3.8) is 0 Å². The molecule has 0 aliphatic rings. The zero-order chi connectivity index (χ0) is 18.0. The molecular formula is C18H16N2O4S. The zero-order valence-corrected chi connectivity index (χ0v) is 14.6. The summed E-state index contributed by atoms with van der Waals surface area (Å²) < 4.78 is 28.2. The predicted octanol–water partition coefficient (Wildman–Crippen LogP) is 2.70. The molecule has 0 amide bonds. The third kappa shape index (κ3) is 3.83. The fraction of sp³-hybridized carbons (Fsp3) is 0.167. The van der Waals surface area contributed by atoms with Crippen LogP contribution < -0.4 is 0 Å². The molecule has 7 heteroatoms. The van der Waals surface area contributed by atoms with Crippen molar-refractivity contribution in [3.05, 3.63) is 65.5 Å². The van der Waals surface area contributed by atoms with Gasteiger partial charge in [-0.1, -0.05) is 12.1 Å². The molecule has 3 rings (SSSR count). The van der Waals surface area contributed by atoms with Crippen LogP contribution in [0.15, 0.2) is 53.4 Å². The number of fused-ring (bicyclic) bond motifs is 1. The lowest BCUT2D eigenvalue weighted by Gasteiger charge is -2.08. The Balaban J connectivity index is 1.75. The van der Waals surface area contributed by atoms with Crippen molar-refractivity contribution >= 4 is 26.8 Å². The second-order valence-electron chi connectivity index (χ2n) is 5.62. The monoisotopic (exact) mass is 356 g/mol. The predicted molar refractivity (Wildman–Crippen MR) is 92.9 cm³/mol. The molecule has 0 radical (unpaired) electrons. The molecule has 0 saturated carbocycles. The van der Waals surface area contributed by atoms with E-state index in [4.69, 9.17) is 4.74 Å². The Kier molecular flexibility index (Phi) is 4.50. The topological polar surface area (TPSA) is 86.2 Å². The second kappa shape index (κ2) is 6.60. The molecule has 3 aromatic rings. The van der Waals surface area contributed by atoms with Crippen molar-refractivity contribution in [1.82, 2.24) is 9.97 Å². The number of hydrogen-bond acceptors (Lipinski definition) is 6. The molecule has 0 fully saturated rings. The van der Waals surface area contributed by atoms with Crippen LogP contribution in [0.4, 0.5) is 0 Å². The Morgan fingerprint density at radius 2 is 1.60 bits per heavy atom. The van der Waals surface area contributed by atoms with Crippen molar-refractivity contribution in [2.75, 3.05) is 6.26 Å². The van der Waals surface area contributed by atoms with Gasteiger partial charge in [0.15, 0.2) is 9.84 Å². The molecule has 2 aromatic carbocycles. The fourth-order valence-electron chi connectivity index (χ4n) is 2.32. The van der Waals surface area contributed by atoms with Gasteiger partial charge in [-0.2, -0.15) is 0 Å². The van der Waals surface area contributed by atoms with Crippen molar-refractivity contribution in [3.8, 4) is 0 Å². The normalized spacial score (nSPS) is 11.4. The molecule has 25 heavy (non-hydrogen) atoms. The summed E-state index contributed by atoms with van der Waals surface area (Å²) in [7, 11) is -3.30. The molecule has 6 nitrogen and oxygen atoms in total. The maximum atomic E-state index is 12.1. The van der Waals surface area contributed by atoms with E-state index in [1.165, 1.54) is 24.3 Å². The number of sulfone groups is 1. The maximum Gasteiger partial charge on any atom is 0.338 e. The van der Waals surface area contributed by atoms with E-state index in [-0.39, 0.29) is 17.1 Å². The van der Waals surface area contributed by atoms with Crippen LogP contribution in [0.3, 0.4) is 0 Å². The van der Waals surface area contributed by atoms with Crippen LogP contribution in [0, 0.1) is 6.92 Å². The SMILES string of the molecule is Cc1nc2ccccc2nc1COC(=O)c1ccc(S(C)(=O)=O)cc1. The van der Waals surface area contributed by atoms with Gasteiger partial charge in [0.1, 0.15) is 6.61 Å². The lowest BCUT2D eigenvalue weighted by molar-refractivity contribution is 0.0467. The molecule has 0 N–H and O–H groups in total. The number of carbonyl (C=O) groups excluding carboxylic acids is 1. The molecule has 0 aliphatic heterocycles. The van der Waals surface area contributed by atoms with Crippen LogP contribution in [0.2, 0.25) is 0 Å². The summed E-state index contributed by atoms with van der Waals surface area (Å²) in [6.07, 6.45) is 1.11. The van der Waals surface area contributed by atoms with Crippen molar-refractivity contribution in [1.29, 1.82) is 0 Å². The number of rotatable bonds is 4. The van der Waals surface area contributed by atoms with E-state index in [2.05, 4.69) is 9.97 Å². The molecule has 0 saturated heterocycles. The molecule has 0 unspecified atom stereocenters. The Bertz CT molecular complexity index is 1040. The summed E-state index contributed by atoms with van der Waals surface area (Å²) in [4.78, 5) is 21.2. The molecule has 0 atom stereocenters. The summed E-state index contributed by atoms with van der Waals surface area (Å²) in [6, 6.07) is 13.1. The van der Waals surface area contributed by atoms with Crippen LogP contribution in [-0.2, 0) is 21.2 Å².